The Balaban J connectivity index is 1.54. The summed E-state index contributed by atoms with van der Waals surface area (Å²) in [5.74, 6) is -0.279. The van der Waals surface area contributed by atoms with Gasteiger partial charge in [-0.05, 0) is 34.1 Å². The number of nitro benzene ring substituents is 1. The van der Waals surface area contributed by atoms with Crippen LogP contribution in [0.25, 0.3) is 0 Å². The summed E-state index contributed by atoms with van der Waals surface area (Å²) in [5, 5.41) is 13.5. The maximum Gasteiger partial charge on any atom is 0.270 e. The van der Waals surface area contributed by atoms with E-state index in [9.17, 15) is 23.3 Å². The molecule has 9 nitrogen and oxygen atoms in total. The number of halogens is 1. The third-order valence-electron chi connectivity index (χ3n) is 4.52. The topological polar surface area (TPSA) is 113 Å². The Bertz CT molecular complexity index is 1010. The van der Waals surface area contributed by atoms with Crippen LogP contribution in [-0.4, -0.2) is 61.2 Å². The van der Waals surface area contributed by atoms with E-state index in [0.29, 0.717) is 36.3 Å². The van der Waals surface area contributed by atoms with Crippen molar-refractivity contribution in [1.29, 1.82) is 0 Å². The van der Waals surface area contributed by atoms with Gasteiger partial charge >= 0.3 is 0 Å². The summed E-state index contributed by atoms with van der Waals surface area (Å²) in [7, 11) is -3.53. The number of anilines is 1. The van der Waals surface area contributed by atoms with Gasteiger partial charge in [-0.2, -0.15) is 4.31 Å². The van der Waals surface area contributed by atoms with Crippen molar-refractivity contribution in [3.8, 4) is 0 Å². The normalized spacial score (nSPS) is 15.8. The summed E-state index contributed by atoms with van der Waals surface area (Å²) < 4.78 is 27.1. The van der Waals surface area contributed by atoms with Gasteiger partial charge in [-0.1, -0.05) is 18.2 Å². The van der Waals surface area contributed by atoms with Gasteiger partial charge in [0.2, 0.25) is 15.9 Å². The van der Waals surface area contributed by atoms with Crippen LogP contribution in [0.4, 0.5) is 11.4 Å². The quantitative estimate of drug-likeness (QED) is 0.499. The van der Waals surface area contributed by atoms with E-state index in [1.807, 2.05) is 4.90 Å². The van der Waals surface area contributed by atoms with Crippen LogP contribution in [0, 0.1) is 10.1 Å². The van der Waals surface area contributed by atoms with Gasteiger partial charge in [0.15, 0.2) is 0 Å². The number of piperazine rings is 1. The number of sulfonamides is 1. The molecule has 154 valence electrons. The molecule has 0 spiro atoms. The molecule has 1 aliphatic rings. The van der Waals surface area contributed by atoms with Crippen molar-refractivity contribution in [3.05, 3.63) is 63.1 Å². The number of nitrogens with zero attached hydrogens (tertiary/aromatic N) is 3. The summed E-state index contributed by atoms with van der Waals surface area (Å²) in [6.07, 6.45) is 0. The molecule has 0 saturated carbocycles. The Morgan fingerprint density at radius 3 is 2.34 bits per heavy atom. The predicted molar refractivity (Wildman–Crippen MR) is 111 cm³/mol. The minimum Gasteiger partial charge on any atom is -0.324 e. The average Bonchev–Trinajstić information content (AvgIpc) is 2.70. The Morgan fingerprint density at radius 2 is 1.76 bits per heavy atom. The molecule has 0 bridgehead atoms. The Hall–Kier alpha value is -2.34. The molecule has 11 heteroatoms. The molecular formula is C18H19BrN4O5S. The van der Waals surface area contributed by atoms with Crippen molar-refractivity contribution in [1.82, 2.24) is 9.21 Å². The van der Waals surface area contributed by atoms with Gasteiger partial charge < -0.3 is 5.32 Å². The molecule has 1 N–H and O–H groups in total. The molecule has 29 heavy (non-hydrogen) atoms. The van der Waals surface area contributed by atoms with Crippen LogP contribution in [0.2, 0.25) is 0 Å². The average molecular weight is 483 g/mol. The van der Waals surface area contributed by atoms with E-state index >= 15 is 0 Å². The number of amides is 1. The summed E-state index contributed by atoms with van der Waals surface area (Å²) in [5.41, 5.74) is 0.358. The number of hydrogen-bond acceptors (Lipinski definition) is 6. The van der Waals surface area contributed by atoms with Crippen molar-refractivity contribution in [2.45, 2.75) is 4.90 Å². The fourth-order valence-corrected chi connectivity index (χ4v) is 4.89. The van der Waals surface area contributed by atoms with Crippen molar-refractivity contribution in [3.63, 3.8) is 0 Å². The van der Waals surface area contributed by atoms with Crippen LogP contribution in [-0.2, 0) is 14.8 Å². The molecule has 0 aromatic heterocycles. The van der Waals surface area contributed by atoms with Crippen molar-refractivity contribution in [2.24, 2.45) is 0 Å². The first kappa shape index (κ1) is 21.4. The Kier molecular flexibility index (Phi) is 6.63. The van der Waals surface area contributed by atoms with Gasteiger partial charge in [0, 0.05) is 42.8 Å². The van der Waals surface area contributed by atoms with Gasteiger partial charge in [-0.3, -0.25) is 19.8 Å². The number of nitro groups is 1. The maximum absolute atomic E-state index is 12.6. The van der Waals surface area contributed by atoms with E-state index in [1.54, 1.807) is 30.3 Å². The standard InChI is InChI=1S/C18H19BrN4O5S/c19-16-12-14(23(25)26)6-7-17(16)20-18(24)13-21-8-10-22(11-9-21)29(27,28)15-4-2-1-3-5-15/h1-7,12H,8-11,13H2,(H,20,24). The highest BCUT2D eigenvalue weighted by atomic mass is 79.9. The van der Waals surface area contributed by atoms with Gasteiger partial charge in [0.25, 0.3) is 5.69 Å². The zero-order valence-corrected chi connectivity index (χ0v) is 17.7. The number of carbonyl (C=O) groups excluding carboxylic acids is 1. The van der Waals surface area contributed by atoms with E-state index in [1.165, 1.54) is 22.5 Å². The fourth-order valence-electron chi connectivity index (χ4n) is 2.98. The van der Waals surface area contributed by atoms with Crippen LogP contribution >= 0.6 is 15.9 Å². The Morgan fingerprint density at radius 1 is 1.10 bits per heavy atom. The molecule has 2 aromatic rings. The molecule has 1 saturated heterocycles. The van der Waals surface area contributed by atoms with Crippen LogP contribution in [0.15, 0.2) is 57.9 Å². The van der Waals surface area contributed by atoms with Gasteiger partial charge in [-0.15, -0.1) is 0 Å². The SMILES string of the molecule is O=C(CN1CCN(S(=O)(=O)c2ccccc2)CC1)Nc1ccc([N+](=O)[O-])cc1Br. The highest BCUT2D eigenvalue weighted by Gasteiger charge is 2.29. The summed E-state index contributed by atoms with van der Waals surface area (Å²) in [6, 6.07) is 12.4. The third kappa shape index (κ3) is 5.18. The lowest BCUT2D eigenvalue weighted by atomic mass is 10.3. The van der Waals surface area contributed by atoms with Crippen molar-refractivity contribution >= 4 is 43.2 Å². The summed E-state index contributed by atoms with van der Waals surface area (Å²) in [4.78, 5) is 24.7. The zero-order chi connectivity index (χ0) is 21.0. The second-order valence-corrected chi connectivity index (χ2v) is 9.25. The van der Waals surface area contributed by atoms with Crippen LogP contribution in [0.5, 0.6) is 0 Å². The van der Waals surface area contributed by atoms with Crippen LogP contribution in [0.3, 0.4) is 0 Å². The molecule has 0 atom stereocenters. The van der Waals surface area contributed by atoms with Crippen LogP contribution in [0.1, 0.15) is 0 Å². The first-order valence-electron chi connectivity index (χ1n) is 8.79. The molecule has 1 heterocycles. The van der Waals surface area contributed by atoms with Gasteiger partial charge in [0.05, 0.1) is 22.1 Å². The minimum absolute atomic E-state index is 0.0781. The number of rotatable bonds is 6. The first-order valence-corrected chi connectivity index (χ1v) is 11.0. The molecule has 0 aliphatic carbocycles. The first-order chi connectivity index (χ1) is 13.8. The lowest BCUT2D eigenvalue weighted by Crippen LogP contribution is -2.50. The number of hydrogen-bond donors (Lipinski definition) is 1. The lowest BCUT2D eigenvalue weighted by molar-refractivity contribution is -0.384. The second-order valence-electron chi connectivity index (χ2n) is 6.46. The number of benzene rings is 2. The molecular weight excluding hydrogens is 464 g/mol. The summed E-state index contributed by atoms with van der Waals surface area (Å²) in [6.45, 7) is 1.56. The van der Waals surface area contributed by atoms with E-state index in [0.717, 1.165) is 0 Å². The fraction of sp³-hybridized carbons (Fsp3) is 0.278. The number of non-ortho nitro benzene ring substituents is 1. The third-order valence-corrected chi connectivity index (χ3v) is 7.09. The highest BCUT2D eigenvalue weighted by Crippen LogP contribution is 2.27. The number of nitrogens with one attached hydrogen (secondary N) is 1. The molecule has 0 unspecified atom stereocenters. The van der Waals surface area contributed by atoms with Gasteiger partial charge in [0.1, 0.15) is 0 Å². The second kappa shape index (κ2) is 8.99. The van der Waals surface area contributed by atoms with Crippen LogP contribution < -0.4 is 5.32 Å². The van der Waals surface area contributed by atoms with E-state index < -0.39 is 14.9 Å². The molecule has 1 aliphatic heterocycles. The monoisotopic (exact) mass is 482 g/mol. The Labute approximate surface area is 176 Å². The highest BCUT2D eigenvalue weighted by molar-refractivity contribution is 9.10. The molecule has 1 amide bonds. The van der Waals surface area contributed by atoms with Crippen molar-refractivity contribution in [2.75, 3.05) is 38.0 Å². The van der Waals surface area contributed by atoms with E-state index in [2.05, 4.69) is 21.2 Å². The summed E-state index contributed by atoms with van der Waals surface area (Å²) >= 11 is 3.21. The smallest absolute Gasteiger partial charge is 0.270 e. The largest absolute Gasteiger partial charge is 0.324 e. The van der Waals surface area contributed by atoms with Gasteiger partial charge in [-0.25, -0.2) is 8.42 Å². The molecule has 2 aromatic carbocycles. The zero-order valence-electron chi connectivity index (χ0n) is 15.3. The maximum atomic E-state index is 12.6. The minimum atomic E-state index is -3.53. The lowest BCUT2D eigenvalue weighted by Gasteiger charge is -2.33. The molecule has 3 rings (SSSR count). The van der Waals surface area contributed by atoms with Crippen molar-refractivity contribution < 1.29 is 18.1 Å². The predicted octanol–water partition coefficient (Wildman–Crippen LogP) is 2.30. The van der Waals surface area contributed by atoms with E-state index in [-0.39, 0.29) is 23.0 Å². The number of carbonyl (C=O) groups is 1. The molecule has 1 fully saturated rings. The molecule has 0 radical (unpaired) electrons. The van der Waals surface area contributed by atoms with E-state index in [4.69, 9.17) is 0 Å².